The van der Waals surface area contributed by atoms with Gasteiger partial charge in [-0.15, -0.1) is 0 Å². The van der Waals surface area contributed by atoms with Crippen molar-refractivity contribution in [1.82, 2.24) is 4.90 Å². The lowest BCUT2D eigenvalue weighted by atomic mass is 10.3. The first-order valence-electron chi connectivity index (χ1n) is 7.32. The quantitative estimate of drug-likeness (QED) is 0.621. The molecular formula is C16H25NO5. The molecule has 0 fully saturated rings. The lowest BCUT2D eigenvalue weighted by Gasteiger charge is -2.22. The molecule has 1 amide bonds. The lowest BCUT2D eigenvalue weighted by Crippen LogP contribution is -2.39. The number of carbonyl (C=O) groups is 1. The summed E-state index contributed by atoms with van der Waals surface area (Å²) in [7, 11) is 3.21. The van der Waals surface area contributed by atoms with Gasteiger partial charge in [0.1, 0.15) is 11.5 Å². The number of carbonyl (C=O) groups excluding carboxylic acids is 1. The van der Waals surface area contributed by atoms with Crippen LogP contribution in [0.1, 0.15) is 6.92 Å². The summed E-state index contributed by atoms with van der Waals surface area (Å²) in [4.78, 5) is 13.8. The normalized spacial score (nSPS) is 10.3. The number of methoxy groups -OCH3 is 2. The fraction of sp³-hybridized carbons (Fsp3) is 0.562. The zero-order valence-corrected chi connectivity index (χ0v) is 13.5. The van der Waals surface area contributed by atoms with Crippen LogP contribution in [0.4, 0.5) is 0 Å². The van der Waals surface area contributed by atoms with Crippen LogP contribution < -0.4 is 9.47 Å². The van der Waals surface area contributed by atoms with Gasteiger partial charge in [0.15, 0.2) is 6.61 Å². The van der Waals surface area contributed by atoms with Crippen LogP contribution in [0, 0.1) is 0 Å². The summed E-state index contributed by atoms with van der Waals surface area (Å²) in [6.07, 6.45) is 0. The van der Waals surface area contributed by atoms with Crippen LogP contribution in [0.5, 0.6) is 11.5 Å². The molecule has 124 valence electrons. The Hall–Kier alpha value is -1.79. The molecule has 1 rings (SSSR count). The van der Waals surface area contributed by atoms with Crippen LogP contribution in [0.15, 0.2) is 24.3 Å². The SMILES string of the molecule is CCOc1ccc(OCC(=O)N(CCOC)CCOC)cc1. The second-order valence-electron chi connectivity index (χ2n) is 4.56. The Labute approximate surface area is 131 Å². The molecule has 0 saturated carbocycles. The molecule has 0 bridgehead atoms. The van der Waals surface area contributed by atoms with Gasteiger partial charge in [0.2, 0.25) is 0 Å². The van der Waals surface area contributed by atoms with Gasteiger partial charge in [0.25, 0.3) is 5.91 Å². The van der Waals surface area contributed by atoms with Crippen molar-refractivity contribution in [2.45, 2.75) is 6.92 Å². The molecule has 0 aliphatic rings. The van der Waals surface area contributed by atoms with Crippen molar-refractivity contribution in [3.05, 3.63) is 24.3 Å². The first-order chi connectivity index (χ1) is 10.7. The molecule has 0 aliphatic heterocycles. The summed E-state index contributed by atoms with van der Waals surface area (Å²) in [6, 6.07) is 7.20. The molecule has 0 saturated heterocycles. The Kier molecular flexibility index (Phi) is 9.02. The first kappa shape index (κ1) is 18.3. The molecule has 0 unspecified atom stereocenters. The molecule has 0 aromatic heterocycles. The smallest absolute Gasteiger partial charge is 0.260 e. The first-order valence-corrected chi connectivity index (χ1v) is 7.32. The van der Waals surface area contributed by atoms with Crippen molar-refractivity contribution < 1.29 is 23.7 Å². The van der Waals surface area contributed by atoms with Crippen LogP contribution >= 0.6 is 0 Å². The fourth-order valence-corrected chi connectivity index (χ4v) is 1.80. The number of ether oxygens (including phenoxy) is 4. The lowest BCUT2D eigenvalue weighted by molar-refractivity contribution is -0.134. The van der Waals surface area contributed by atoms with E-state index >= 15 is 0 Å². The minimum Gasteiger partial charge on any atom is -0.494 e. The summed E-state index contributed by atoms with van der Waals surface area (Å²) in [5.41, 5.74) is 0. The van der Waals surface area contributed by atoms with Gasteiger partial charge in [-0.25, -0.2) is 0 Å². The topological polar surface area (TPSA) is 57.2 Å². The molecule has 1 aromatic carbocycles. The Bertz CT molecular complexity index is 413. The van der Waals surface area contributed by atoms with E-state index < -0.39 is 0 Å². The second kappa shape index (κ2) is 10.9. The van der Waals surface area contributed by atoms with Gasteiger partial charge < -0.3 is 23.8 Å². The van der Waals surface area contributed by atoms with Crippen molar-refractivity contribution in [2.75, 3.05) is 53.7 Å². The number of nitrogens with zero attached hydrogens (tertiary/aromatic N) is 1. The third-order valence-corrected chi connectivity index (χ3v) is 2.98. The monoisotopic (exact) mass is 311 g/mol. The Balaban J connectivity index is 2.46. The molecule has 6 heteroatoms. The van der Waals surface area contributed by atoms with Crippen LogP contribution in [-0.4, -0.2) is 64.5 Å². The maximum Gasteiger partial charge on any atom is 0.260 e. The highest BCUT2D eigenvalue weighted by atomic mass is 16.5. The third kappa shape index (κ3) is 6.78. The standard InChI is InChI=1S/C16H25NO5/c1-4-21-14-5-7-15(8-6-14)22-13-16(18)17(9-11-19-2)10-12-20-3/h5-8H,4,9-13H2,1-3H3. The number of benzene rings is 1. The van der Waals surface area contributed by atoms with E-state index in [2.05, 4.69) is 0 Å². The Morgan fingerprint density at radius 3 is 1.91 bits per heavy atom. The van der Waals surface area contributed by atoms with E-state index in [0.29, 0.717) is 38.7 Å². The molecule has 0 heterocycles. The molecule has 1 aromatic rings. The average Bonchev–Trinajstić information content (AvgIpc) is 2.54. The van der Waals surface area contributed by atoms with Gasteiger partial charge in [0, 0.05) is 27.3 Å². The van der Waals surface area contributed by atoms with Gasteiger partial charge in [-0.2, -0.15) is 0 Å². The van der Waals surface area contributed by atoms with Crippen molar-refractivity contribution in [1.29, 1.82) is 0 Å². The molecule has 6 nitrogen and oxygen atoms in total. The van der Waals surface area contributed by atoms with Gasteiger partial charge in [-0.05, 0) is 31.2 Å². The molecule has 0 radical (unpaired) electrons. The molecular weight excluding hydrogens is 286 g/mol. The third-order valence-electron chi connectivity index (χ3n) is 2.98. The van der Waals surface area contributed by atoms with Crippen molar-refractivity contribution in [3.63, 3.8) is 0 Å². The fourth-order valence-electron chi connectivity index (χ4n) is 1.80. The van der Waals surface area contributed by atoms with Crippen LogP contribution in [0.3, 0.4) is 0 Å². The zero-order chi connectivity index (χ0) is 16.2. The molecule has 0 aliphatic carbocycles. The van der Waals surface area contributed by atoms with E-state index in [1.165, 1.54) is 0 Å². The highest BCUT2D eigenvalue weighted by molar-refractivity contribution is 5.77. The highest BCUT2D eigenvalue weighted by Gasteiger charge is 2.13. The average molecular weight is 311 g/mol. The number of amides is 1. The highest BCUT2D eigenvalue weighted by Crippen LogP contribution is 2.17. The van der Waals surface area contributed by atoms with Gasteiger partial charge in [-0.1, -0.05) is 0 Å². The maximum atomic E-state index is 12.2. The van der Waals surface area contributed by atoms with Gasteiger partial charge in [0.05, 0.1) is 19.8 Å². The Morgan fingerprint density at radius 2 is 1.45 bits per heavy atom. The number of hydrogen-bond acceptors (Lipinski definition) is 5. The predicted molar refractivity (Wildman–Crippen MR) is 83.4 cm³/mol. The summed E-state index contributed by atoms with van der Waals surface area (Å²) >= 11 is 0. The van der Waals surface area contributed by atoms with E-state index in [4.69, 9.17) is 18.9 Å². The predicted octanol–water partition coefficient (Wildman–Crippen LogP) is 1.59. The zero-order valence-electron chi connectivity index (χ0n) is 13.5. The minimum absolute atomic E-state index is 0.0125. The molecule has 22 heavy (non-hydrogen) atoms. The maximum absolute atomic E-state index is 12.2. The van der Waals surface area contributed by atoms with E-state index in [-0.39, 0.29) is 12.5 Å². The van der Waals surface area contributed by atoms with Gasteiger partial charge >= 0.3 is 0 Å². The minimum atomic E-state index is -0.0945. The van der Waals surface area contributed by atoms with Crippen molar-refractivity contribution in [2.24, 2.45) is 0 Å². The summed E-state index contributed by atoms with van der Waals surface area (Å²) in [5.74, 6) is 1.32. The van der Waals surface area contributed by atoms with E-state index in [0.717, 1.165) is 5.75 Å². The summed E-state index contributed by atoms with van der Waals surface area (Å²) in [5, 5.41) is 0. The van der Waals surface area contributed by atoms with E-state index in [1.54, 1.807) is 31.3 Å². The summed E-state index contributed by atoms with van der Waals surface area (Å²) in [6.45, 7) is 4.54. The van der Waals surface area contributed by atoms with Crippen LogP contribution in [-0.2, 0) is 14.3 Å². The van der Waals surface area contributed by atoms with Crippen LogP contribution in [0.2, 0.25) is 0 Å². The van der Waals surface area contributed by atoms with E-state index in [1.807, 2.05) is 19.1 Å². The largest absolute Gasteiger partial charge is 0.494 e. The summed E-state index contributed by atoms with van der Waals surface area (Å²) < 4.78 is 20.9. The van der Waals surface area contributed by atoms with Crippen LogP contribution in [0.25, 0.3) is 0 Å². The molecule has 0 spiro atoms. The second-order valence-corrected chi connectivity index (χ2v) is 4.56. The molecule has 0 atom stereocenters. The molecule has 0 N–H and O–H groups in total. The van der Waals surface area contributed by atoms with Gasteiger partial charge in [-0.3, -0.25) is 4.79 Å². The number of rotatable bonds is 11. The Morgan fingerprint density at radius 1 is 0.955 bits per heavy atom. The van der Waals surface area contributed by atoms with Crippen molar-refractivity contribution >= 4 is 5.91 Å². The van der Waals surface area contributed by atoms with Crippen molar-refractivity contribution in [3.8, 4) is 11.5 Å². The van der Waals surface area contributed by atoms with E-state index in [9.17, 15) is 4.79 Å². The number of hydrogen-bond donors (Lipinski definition) is 0.